The summed E-state index contributed by atoms with van der Waals surface area (Å²) < 4.78 is 4.91. The molecule has 0 atom stereocenters. The number of H-pyrrole nitrogens is 1. The number of nitrogens with zero attached hydrogens (tertiary/aromatic N) is 1. The quantitative estimate of drug-likeness (QED) is 0.724. The number of nitrogens with one attached hydrogen (secondary N) is 1. The molecule has 5 heteroatoms. The molecule has 0 saturated heterocycles. The van der Waals surface area contributed by atoms with Crippen LogP contribution in [0.3, 0.4) is 0 Å². The molecular weight excluding hydrogens is 268 g/mol. The number of hydrogen-bond acceptors (Lipinski definition) is 4. The van der Waals surface area contributed by atoms with E-state index in [0.29, 0.717) is 18.0 Å². The zero-order valence-corrected chi connectivity index (χ0v) is 11.5. The van der Waals surface area contributed by atoms with Crippen molar-refractivity contribution in [3.05, 3.63) is 48.2 Å². The van der Waals surface area contributed by atoms with E-state index in [9.17, 15) is 9.90 Å². The van der Waals surface area contributed by atoms with E-state index < -0.39 is 5.97 Å². The van der Waals surface area contributed by atoms with Crippen molar-refractivity contribution in [2.45, 2.75) is 6.92 Å². The number of aromatic nitrogens is 2. The number of phenolic OH excluding ortho intramolecular Hbond substituents is 1. The van der Waals surface area contributed by atoms with Crippen LogP contribution in [-0.4, -0.2) is 27.9 Å². The molecule has 3 rings (SSSR count). The van der Waals surface area contributed by atoms with E-state index in [2.05, 4.69) is 10.2 Å². The van der Waals surface area contributed by atoms with E-state index in [1.807, 2.05) is 30.3 Å². The summed E-state index contributed by atoms with van der Waals surface area (Å²) in [6.45, 7) is 2.06. The van der Waals surface area contributed by atoms with Gasteiger partial charge in [0.15, 0.2) is 0 Å². The lowest BCUT2D eigenvalue weighted by atomic mass is 10.0. The van der Waals surface area contributed by atoms with Crippen LogP contribution < -0.4 is 0 Å². The number of carbonyl (C=O) groups excluding carboxylic acids is 1. The van der Waals surface area contributed by atoms with Crippen molar-refractivity contribution in [2.24, 2.45) is 0 Å². The SMILES string of the molecule is CCOC(=O)c1cc(-c2cc(O)c3ccccc3c2)n[nH]1. The maximum atomic E-state index is 11.6. The van der Waals surface area contributed by atoms with E-state index in [-0.39, 0.29) is 5.75 Å². The topological polar surface area (TPSA) is 75.2 Å². The van der Waals surface area contributed by atoms with Crippen molar-refractivity contribution in [1.29, 1.82) is 0 Å². The second-order valence-electron chi connectivity index (χ2n) is 4.60. The van der Waals surface area contributed by atoms with E-state index >= 15 is 0 Å². The summed E-state index contributed by atoms with van der Waals surface area (Å²) in [6.07, 6.45) is 0. The molecule has 21 heavy (non-hydrogen) atoms. The van der Waals surface area contributed by atoms with E-state index in [1.54, 1.807) is 19.1 Å². The zero-order valence-electron chi connectivity index (χ0n) is 11.5. The molecule has 0 aliphatic rings. The Bertz CT molecular complexity index is 808. The molecule has 0 aliphatic carbocycles. The number of esters is 1. The Hall–Kier alpha value is -2.82. The fourth-order valence-corrected chi connectivity index (χ4v) is 2.22. The van der Waals surface area contributed by atoms with Gasteiger partial charge in [-0.3, -0.25) is 5.10 Å². The van der Waals surface area contributed by atoms with Crippen LogP contribution in [0.4, 0.5) is 0 Å². The Balaban J connectivity index is 2.03. The Morgan fingerprint density at radius 3 is 2.90 bits per heavy atom. The molecule has 0 amide bonds. The number of fused-ring (bicyclic) bond motifs is 1. The van der Waals surface area contributed by atoms with Crippen molar-refractivity contribution in [2.75, 3.05) is 6.61 Å². The summed E-state index contributed by atoms with van der Waals surface area (Å²) in [5.74, 6) is -0.259. The van der Waals surface area contributed by atoms with Gasteiger partial charge in [0.25, 0.3) is 0 Å². The van der Waals surface area contributed by atoms with Crippen molar-refractivity contribution in [1.82, 2.24) is 10.2 Å². The van der Waals surface area contributed by atoms with Crippen LogP contribution in [0.2, 0.25) is 0 Å². The number of hydrogen-bond donors (Lipinski definition) is 2. The number of phenols is 1. The van der Waals surface area contributed by atoms with Crippen molar-refractivity contribution >= 4 is 16.7 Å². The normalized spacial score (nSPS) is 10.7. The van der Waals surface area contributed by atoms with Crippen LogP contribution in [0.25, 0.3) is 22.0 Å². The van der Waals surface area contributed by atoms with Gasteiger partial charge < -0.3 is 9.84 Å². The molecular formula is C16H14N2O3. The molecule has 0 bridgehead atoms. The number of carbonyl (C=O) groups is 1. The second kappa shape index (κ2) is 5.28. The minimum absolute atomic E-state index is 0.184. The molecule has 3 aromatic rings. The van der Waals surface area contributed by atoms with Gasteiger partial charge in [0.2, 0.25) is 0 Å². The van der Waals surface area contributed by atoms with Gasteiger partial charge in [-0.15, -0.1) is 0 Å². The summed E-state index contributed by atoms with van der Waals surface area (Å²) in [7, 11) is 0. The largest absolute Gasteiger partial charge is 0.507 e. The predicted molar refractivity (Wildman–Crippen MR) is 79.2 cm³/mol. The number of aromatic hydroxyl groups is 1. The molecule has 5 nitrogen and oxygen atoms in total. The van der Waals surface area contributed by atoms with Crippen LogP contribution in [-0.2, 0) is 4.74 Å². The molecule has 0 spiro atoms. The van der Waals surface area contributed by atoms with Crippen molar-refractivity contribution in [3.8, 4) is 17.0 Å². The minimum atomic E-state index is -0.443. The summed E-state index contributed by atoms with van der Waals surface area (Å²) >= 11 is 0. The van der Waals surface area contributed by atoms with Gasteiger partial charge in [-0.25, -0.2) is 4.79 Å². The van der Waals surface area contributed by atoms with Crippen LogP contribution in [0.5, 0.6) is 5.75 Å². The summed E-state index contributed by atoms with van der Waals surface area (Å²) in [6, 6.07) is 12.7. The highest BCUT2D eigenvalue weighted by Gasteiger charge is 2.13. The lowest BCUT2D eigenvalue weighted by Gasteiger charge is -2.03. The maximum Gasteiger partial charge on any atom is 0.356 e. The summed E-state index contributed by atoms with van der Waals surface area (Å²) in [5.41, 5.74) is 1.61. The van der Waals surface area contributed by atoms with Gasteiger partial charge in [-0.05, 0) is 30.5 Å². The van der Waals surface area contributed by atoms with Gasteiger partial charge in [0.1, 0.15) is 11.4 Å². The highest BCUT2D eigenvalue weighted by Crippen LogP contribution is 2.31. The summed E-state index contributed by atoms with van der Waals surface area (Å²) in [4.78, 5) is 11.6. The molecule has 106 valence electrons. The van der Waals surface area contributed by atoms with Crippen LogP contribution in [0, 0.1) is 0 Å². The monoisotopic (exact) mass is 282 g/mol. The Morgan fingerprint density at radius 2 is 2.10 bits per heavy atom. The molecule has 0 saturated carbocycles. The fraction of sp³-hybridized carbons (Fsp3) is 0.125. The molecule has 0 radical (unpaired) electrons. The number of aromatic amines is 1. The molecule has 1 aromatic heterocycles. The molecule has 2 aromatic carbocycles. The zero-order chi connectivity index (χ0) is 14.8. The fourth-order valence-electron chi connectivity index (χ4n) is 2.22. The number of rotatable bonds is 3. The van der Waals surface area contributed by atoms with Crippen molar-refractivity contribution in [3.63, 3.8) is 0 Å². The number of ether oxygens (including phenoxy) is 1. The smallest absolute Gasteiger partial charge is 0.356 e. The molecule has 0 unspecified atom stereocenters. The third-order valence-electron chi connectivity index (χ3n) is 3.21. The first-order valence-corrected chi connectivity index (χ1v) is 6.63. The van der Waals surface area contributed by atoms with Crippen LogP contribution in [0.1, 0.15) is 17.4 Å². The Kier molecular flexibility index (Phi) is 3.31. The second-order valence-corrected chi connectivity index (χ2v) is 4.60. The van der Waals surface area contributed by atoms with E-state index in [1.165, 1.54) is 0 Å². The third-order valence-corrected chi connectivity index (χ3v) is 3.21. The molecule has 0 fully saturated rings. The summed E-state index contributed by atoms with van der Waals surface area (Å²) in [5, 5.41) is 18.5. The maximum absolute atomic E-state index is 11.6. The highest BCUT2D eigenvalue weighted by atomic mass is 16.5. The van der Waals surface area contributed by atoms with Gasteiger partial charge in [-0.1, -0.05) is 24.3 Å². The first-order valence-electron chi connectivity index (χ1n) is 6.63. The van der Waals surface area contributed by atoms with Crippen LogP contribution >= 0.6 is 0 Å². The van der Waals surface area contributed by atoms with Gasteiger partial charge in [0, 0.05) is 10.9 Å². The van der Waals surface area contributed by atoms with Gasteiger partial charge in [0.05, 0.1) is 12.3 Å². The Labute approximate surface area is 121 Å². The predicted octanol–water partition coefficient (Wildman–Crippen LogP) is 3.11. The lowest BCUT2D eigenvalue weighted by Crippen LogP contribution is -2.04. The van der Waals surface area contributed by atoms with Gasteiger partial charge in [-0.2, -0.15) is 5.10 Å². The minimum Gasteiger partial charge on any atom is -0.507 e. The van der Waals surface area contributed by atoms with E-state index in [4.69, 9.17) is 4.74 Å². The van der Waals surface area contributed by atoms with Crippen molar-refractivity contribution < 1.29 is 14.6 Å². The lowest BCUT2D eigenvalue weighted by molar-refractivity contribution is 0.0519. The molecule has 2 N–H and O–H groups in total. The van der Waals surface area contributed by atoms with Gasteiger partial charge >= 0.3 is 5.97 Å². The standard InChI is InChI=1S/C16H14N2O3/c1-2-21-16(20)14-9-13(17-18-14)11-7-10-5-3-4-6-12(10)15(19)8-11/h3-9,19H,2H2,1H3,(H,17,18). The molecule has 1 heterocycles. The highest BCUT2D eigenvalue weighted by molar-refractivity contribution is 5.93. The third kappa shape index (κ3) is 2.45. The first kappa shape index (κ1) is 13.2. The average Bonchev–Trinajstić information content (AvgIpc) is 2.97. The first-order chi connectivity index (χ1) is 10.2. The molecule has 0 aliphatic heterocycles. The Morgan fingerprint density at radius 1 is 1.29 bits per heavy atom. The van der Waals surface area contributed by atoms with E-state index in [0.717, 1.165) is 16.3 Å². The average molecular weight is 282 g/mol. The van der Waals surface area contributed by atoms with Crippen LogP contribution in [0.15, 0.2) is 42.5 Å². The number of benzene rings is 2.